The van der Waals surface area contributed by atoms with Crippen LogP contribution in [-0.4, -0.2) is 9.55 Å². The molecule has 0 unspecified atom stereocenters. The van der Waals surface area contributed by atoms with Crippen molar-refractivity contribution in [2.45, 2.75) is 33.2 Å². The van der Waals surface area contributed by atoms with Gasteiger partial charge in [-0.15, -0.1) is 0 Å². The van der Waals surface area contributed by atoms with E-state index < -0.39 is 0 Å². The van der Waals surface area contributed by atoms with E-state index in [1.165, 1.54) is 16.6 Å². The highest BCUT2D eigenvalue weighted by Crippen LogP contribution is 2.20. The third-order valence-corrected chi connectivity index (χ3v) is 4.03. The summed E-state index contributed by atoms with van der Waals surface area (Å²) in [7, 11) is 0. The summed E-state index contributed by atoms with van der Waals surface area (Å²) in [5.74, 6) is 1.13. The van der Waals surface area contributed by atoms with Crippen LogP contribution < -0.4 is 5.73 Å². The summed E-state index contributed by atoms with van der Waals surface area (Å²) < 4.78 is 2.32. The van der Waals surface area contributed by atoms with E-state index in [1.54, 1.807) is 0 Å². The first-order valence-electron chi connectivity index (χ1n) is 7.48. The lowest BCUT2D eigenvalue weighted by Crippen LogP contribution is -2.06. The van der Waals surface area contributed by atoms with E-state index in [9.17, 15) is 0 Å². The Labute approximate surface area is 125 Å². The maximum absolute atomic E-state index is 5.86. The molecule has 0 saturated carbocycles. The van der Waals surface area contributed by atoms with Gasteiger partial charge in [-0.1, -0.05) is 31.2 Å². The lowest BCUT2D eigenvalue weighted by molar-refractivity contribution is 0.672. The van der Waals surface area contributed by atoms with Crippen molar-refractivity contribution in [3.8, 4) is 0 Å². The standard InChI is InChI=1S/C18H21N3/c1-3-18-20-16-12-15(19)8-9-17(16)21(18)11-10-14-7-5-4-6-13(14)2/h4-9,12H,3,10-11,19H2,1-2H3. The Bertz CT molecular complexity index is 771. The topological polar surface area (TPSA) is 43.8 Å². The van der Waals surface area contributed by atoms with Crippen LogP contribution in [-0.2, 0) is 19.4 Å². The fraction of sp³-hybridized carbons (Fsp3) is 0.278. The fourth-order valence-electron chi connectivity index (χ4n) is 2.84. The number of rotatable bonds is 4. The number of nitrogen functional groups attached to an aromatic ring is 1. The van der Waals surface area contributed by atoms with E-state index in [4.69, 9.17) is 10.7 Å². The second-order valence-corrected chi connectivity index (χ2v) is 5.46. The van der Waals surface area contributed by atoms with Gasteiger partial charge in [0.1, 0.15) is 5.82 Å². The van der Waals surface area contributed by atoms with E-state index in [0.717, 1.165) is 36.4 Å². The fourth-order valence-corrected chi connectivity index (χ4v) is 2.84. The van der Waals surface area contributed by atoms with Crippen LogP contribution >= 0.6 is 0 Å². The Balaban J connectivity index is 1.94. The molecule has 1 heterocycles. The normalized spacial score (nSPS) is 11.1. The molecule has 0 spiro atoms. The average molecular weight is 279 g/mol. The molecule has 21 heavy (non-hydrogen) atoms. The summed E-state index contributed by atoms with van der Waals surface area (Å²) in [4.78, 5) is 4.71. The SMILES string of the molecule is CCc1nc2cc(N)ccc2n1CCc1ccccc1C. The van der Waals surface area contributed by atoms with Gasteiger partial charge in [0, 0.05) is 18.7 Å². The molecule has 2 N–H and O–H groups in total. The lowest BCUT2D eigenvalue weighted by atomic mass is 10.1. The molecule has 3 aromatic rings. The third-order valence-electron chi connectivity index (χ3n) is 4.03. The second kappa shape index (κ2) is 5.60. The number of anilines is 1. The van der Waals surface area contributed by atoms with Crippen LogP contribution in [0.15, 0.2) is 42.5 Å². The first kappa shape index (κ1) is 13.7. The van der Waals surface area contributed by atoms with E-state index in [2.05, 4.69) is 48.7 Å². The van der Waals surface area contributed by atoms with E-state index in [0.29, 0.717) is 0 Å². The molecular weight excluding hydrogens is 258 g/mol. The monoisotopic (exact) mass is 279 g/mol. The van der Waals surface area contributed by atoms with Crippen LogP contribution in [0.2, 0.25) is 0 Å². The summed E-state index contributed by atoms with van der Waals surface area (Å²) in [6, 6.07) is 14.6. The molecule has 0 aliphatic heterocycles. The Morgan fingerprint density at radius 1 is 1.14 bits per heavy atom. The van der Waals surface area contributed by atoms with Crippen LogP contribution in [0.25, 0.3) is 11.0 Å². The van der Waals surface area contributed by atoms with Crippen molar-refractivity contribution in [3.63, 3.8) is 0 Å². The Morgan fingerprint density at radius 2 is 1.95 bits per heavy atom. The number of nitrogens with two attached hydrogens (primary N) is 1. The van der Waals surface area contributed by atoms with Gasteiger partial charge in [0.2, 0.25) is 0 Å². The third kappa shape index (κ3) is 2.64. The van der Waals surface area contributed by atoms with Crippen molar-refractivity contribution >= 4 is 16.7 Å². The number of hydrogen-bond donors (Lipinski definition) is 1. The van der Waals surface area contributed by atoms with Gasteiger partial charge in [0.05, 0.1) is 11.0 Å². The molecule has 3 heteroatoms. The molecule has 3 nitrogen and oxygen atoms in total. The van der Waals surface area contributed by atoms with Crippen molar-refractivity contribution in [2.75, 3.05) is 5.73 Å². The van der Waals surface area contributed by atoms with Crippen LogP contribution in [0.4, 0.5) is 5.69 Å². The average Bonchev–Trinajstić information content (AvgIpc) is 2.83. The number of aryl methyl sites for hydroxylation is 4. The number of imidazole rings is 1. The zero-order chi connectivity index (χ0) is 14.8. The lowest BCUT2D eigenvalue weighted by Gasteiger charge is -2.10. The zero-order valence-electron chi connectivity index (χ0n) is 12.6. The van der Waals surface area contributed by atoms with Crippen LogP contribution in [0.3, 0.4) is 0 Å². The Hall–Kier alpha value is -2.29. The Morgan fingerprint density at radius 3 is 2.71 bits per heavy atom. The number of hydrogen-bond acceptors (Lipinski definition) is 2. The number of benzene rings is 2. The first-order chi connectivity index (χ1) is 10.2. The molecule has 0 radical (unpaired) electrons. The number of aromatic nitrogens is 2. The van der Waals surface area contributed by atoms with Crippen LogP contribution in [0, 0.1) is 6.92 Å². The minimum atomic E-state index is 0.772. The van der Waals surface area contributed by atoms with Gasteiger partial charge in [-0.05, 0) is 42.7 Å². The molecule has 0 atom stereocenters. The van der Waals surface area contributed by atoms with Crippen molar-refractivity contribution in [3.05, 3.63) is 59.4 Å². The van der Waals surface area contributed by atoms with Gasteiger partial charge in [0.25, 0.3) is 0 Å². The highest BCUT2D eigenvalue weighted by atomic mass is 15.1. The van der Waals surface area contributed by atoms with E-state index in [-0.39, 0.29) is 0 Å². The zero-order valence-corrected chi connectivity index (χ0v) is 12.6. The van der Waals surface area contributed by atoms with Crippen LogP contribution in [0.1, 0.15) is 23.9 Å². The molecule has 0 amide bonds. The van der Waals surface area contributed by atoms with E-state index in [1.807, 2.05) is 12.1 Å². The van der Waals surface area contributed by atoms with Crippen LogP contribution in [0.5, 0.6) is 0 Å². The van der Waals surface area contributed by atoms with Crippen molar-refractivity contribution in [1.82, 2.24) is 9.55 Å². The van der Waals surface area contributed by atoms with Gasteiger partial charge in [-0.25, -0.2) is 4.98 Å². The quantitative estimate of drug-likeness (QED) is 0.739. The number of nitrogens with zero attached hydrogens (tertiary/aromatic N) is 2. The summed E-state index contributed by atoms with van der Waals surface area (Å²) in [6.45, 7) is 5.27. The molecule has 108 valence electrons. The second-order valence-electron chi connectivity index (χ2n) is 5.46. The smallest absolute Gasteiger partial charge is 0.109 e. The predicted octanol–water partition coefficient (Wildman–Crippen LogP) is 3.73. The first-order valence-corrected chi connectivity index (χ1v) is 7.48. The summed E-state index contributed by atoms with van der Waals surface area (Å²) in [5.41, 5.74) is 11.6. The molecule has 0 bridgehead atoms. The summed E-state index contributed by atoms with van der Waals surface area (Å²) >= 11 is 0. The van der Waals surface area contributed by atoms with Gasteiger partial charge in [-0.2, -0.15) is 0 Å². The molecule has 0 saturated heterocycles. The molecule has 3 rings (SSSR count). The number of fused-ring (bicyclic) bond motifs is 1. The predicted molar refractivity (Wildman–Crippen MR) is 88.4 cm³/mol. The maximum atomic E-state index is 5.86. The van der Waals surface area contributed by atoms with Gasteiger partial charge in [-0.3, -0.25) is 0 Å². The largest absolute Gasteiger partial charge is 0.399 e. The highest BCUT2D eigenvalue weighted by molar-refractivity contribution is 5.79. The van der Waals surface area contributed by atoms with Gasteiger partial charge in [0.15, 0.2) is 0 Å². The summed E-state index contributed by atoms with van der Waals surface area (Å²) in [5, 5.41) is 0. The minimum Gasteiger partial charge on any atom is -0.399 e. The summed E-state index contributed by atoms with van der Waals surface area (Å²) in [6.07, 6.45) is 1.96. The molecule has 2 aromatic carbocycles. The van der Waals surface area contributed by atoms with Crippen molar-refractivity contribution < 1.29 is 0 Å². The van der Waals surface area contributed by atoms with Gasteiger partial charge < -0.3 is 10.3 Å². The molecular formula is C18H21N3. The maximum Gasteiger partial charge on any atom is 0.109 e. The Kier molecular flexibility index (Phi) is 3.65. The highest BCUT2D eigenvalue weighted by Gasteiger charge is 2.10. The molecule has 0 aliphatic rings. The molecule has 0 fully saturated rings. The van der Waals surface area contributed by atoms with Crippen molar-refractivity contribution in [1.29, 1.82) is 0 Å². The van der Waals surface area contributed by atoms with Gasteiger partial charge >= 0.3 is 0 Å². The molecule has 1 aromatic heterocycles. The van der Waals surface area contributed by atoms with Crippen molar-refractivity contribution in [2.24, 2.45) is 0 Å². The minimum absolute atomic E-state index is 0.772. The molecule has 0 aliphatic carbocycles. The van der Waals surface area contributed by atoms with E-state index >= 15 is 0 Å².